The summed E-state index contributed by atoms with van der Waals surface area (Å²) in [6.45, 7) is 3.63. The minimum atomic E-state index is -3.95. The molecule has 0 unspecified atom stereocenters. The van der Waals surface area contributed by atoms with Gasteiger partial charge in [-0.15, -0.1) is 0 Å². The molecular weight excluding hydrogens is 448 g/mol. The molecule has 0 atom stereocenters. The van der Waals surface area contributed by atoms with Crippen molar-refractivity contribution in [3.05, 3.63) is 59.7 Å². The largest absolute Gasteiger partial charge is 0.483 e. The summed E-state index contributed by atoms with van der Waals surface area (Å²) in [6.07, 6.45) is 0. The van der Waals surface area contributed by atoms with Crippen molar-refractivity contribution >= 4 is 27.4 Å². The van der Waals surface area contributed by atoms with Gasteiger partial charge < -0.3 is 19.5 Å². The number of carbonyl (C=O) groups excluding carboxylic acids is 1. The summed E-state index contributed by atoms with van der Waals surface area (Å²) in [4.78, 5) is 20.1. The molecule has 10 nitrogen and oxygen atoms in total. The van der Waals surface area contributed by atoms with E-state index in [4.69, 9.17) is 14.2 Å². The van der Waals surface area contributed by atoms with Gasteiger partial charge in [0.05, 0.1) is 19.1 Å². The number of carbonyl (C=O) groups is 1. The molecule has 11 heteroatoms. The van der Waals surface area contributed by atoms with E-state index in [-0.39, 0.29) is 35.1 Å². The Morgan fingerprint density at radius 1 is 0.970 bits per heavy atom. The first-order chi connectivity index (χ1) is 15.7. The molecule has 2 aromatic carbocycles. The predicted octanol–water partition coefficient (Wildman–Crippen LogP) is 2.93. The van der Waals surface area contributed by atoms with Gasteiger partial charge in [-0.1, -0.05) is 18.2 Å². The number of amides is 1. The molecule has 0 radical (unpaired) electrons. The number of methoxy groups -OCH3 is 2. The number of aryl methyl sites for hydroxylation is 2. The number of hydrogen-bond donors (Lipinski definition) is 2. The number of sulfonamides is 1. The Morgan fingerprint density at radius 3 is 2.24 bits per heavy atom. The topological polar surface area (TPSA) is 129 Å². The zero-order valence-corrected chi connectivity index (χ0v) is 19.4. The quantitative estimate of drug-likeness (QED) is 0.486. The van der Waals surface area contributed by atoms with Crippen molar-refractivity contribution in [2.45, 2.75) is 18.7 Å². The lowest BCUT2D eigenvalue weighted by Crippen LogP contribution is -2.21. The Hall–Kier alpha value is -3.86. The highest BCUT2D eigenvalue weighted by Gasteiger charge is 2.17. The molecule has 1 amide bonds. The molecule has 3 rings (SSSR count). The van der Waals surface area contributed by atoms with E-state index in [2.05, 4.69) is 20.0 Å². The second kappa shape index (κ2) is 10.2. The summed E-state index contributed by atoms with van der Waals surface area (Å²) in [5, 5.41) is 2.68. The summed E-state index contributed by atoms with van der Waals surface area (Å²) in [6, 6.07) is 12.7. The fourth-order valence-electron chi connectivity index (χ4n) is 2.93. The van der Waals surface area contributed by atoms with Crippen LogP contribution in [0.3, 0.4) is 0 Å². The number of anilines is 2. The first-order valence-corrected chi connectivity index (χ1v) is 11.3. The zero-order valence-electron chi connectivity index (χ0n) is 18.6. The average Bonchev–Trinajstić information content (AvgIpc) is 2.78. The molecule has 1 aromatic heterocycles. The van der Waals surface area contributed by atoms with Gasteiger partial charge in [0.25, 0.3) is 15.9 Å². The van der Waals surface area contributed by atoms with E-state index in [1.54, 1.807) is 0 Å². The van der Waals surface area contributed by atoms with Gasteiger partial charge in [0.2, 0.25) is 5.88 Å². The molecule has 3 aromatic rings. The number of rotatable bonds is 9. The van der Waals surface area contributed by atoms with Gasteiger partial charge in [-0.2, -0.15) is 9.97 Å². The highest BCUT2D eigenvalue weighted by atomic mass is 32.2. The Balaban J connectivity index is 1.65. The minimum Gasteiger partial charge on any atom is -0.483 e. The Bertz CT molecular complexity index is 1200. The Labute approximate surface area is 192 Å². The van der Waals surface area contributed by atoms with Crippen molar-refractivity contribution < 1.29 is 27.4 Å². The number of nitrogens with zero attached hydrogens (tertiary/aromatic N) is 2. The van der Waals surface area contributed by atoms with E-state index in [0.29, 0.717) is 11.4 Å². The van der Waals surface area contributed by atoms with E-state index in [9.17, 15) is 13.2 Å². The van der Waals surface area contributed by atoms with Crippen molar-refractivity contribution in [3.8, 4) is 17.6 Å². The van der Waals surface area contributed by atoms with Crippen molar-refractivity contribution in [1.29, 1.82) is 0 Å². The van der Waals surface area contributed by atoms with Crippen LogP contribution < -0.4 is 24.2 Å². The molecular formula is C22H24N4O6S. The van der Waals surface area contributed by atoms with Gasteiger partial charge >= 0.3 is 6.01 Å². The van der Waals surface area contributed by atoms with E-state index in [0.717, 1.165) is 11.1 Å². The molecule has 174 valence electrons. The van der Waals surface area contributed by atoms with Gasteiger partial charge in [0.15, 0.2) is 12.4 Å². The number of nitrogens with one attached hydrogen (secondary N) is 2. The predicted molar refractivity (Wildman–Crippen MR) is 122 cm³/mol. The number of para-hydroxylation sites is 1. The van der Waals surface area contributed by atoms with Crippen LogP contribution in [0.2, 0.25) is 0 Å². The molecule has 0 saturated heterocycles. The van der Waals surface area contributed by atoms with E-state index in [1.807, 2.05) is 32.0 Å². The lowest BCUT2D eigenvalue weighted by Gasteiger charge is -2.12. The number of aromatic nitrogens is 2. The first-order valence-electron chi connectivity index (χ1n) is 9.80. The molecule has 0 bridgehead atoms. The fraction of sp³-hybridized carbons (Fsp3) is 0.227. The Morgan fingerprint density at radius 2 is 1.64 bits per heavy atom. The third-order valence-corrected chi connectivity index (χ3v) is 5.89. The highest BCUT2D eigenvalue weighted by Crippen LogP contribution is 2.23. The van der Waals surface area contributed by atoms with Gasteiger partial charge in [-0.3, -0.25) is 9.52 Å². The number of benzene rings is 2. The van der Waals surface area contributed by atoms with Crippen LogP contribution in [0.5, 0.6) is 17.6 Å². The van der Waals surface area contributed by atoms with Crippen LogP contribution in [-0.2, 0) is 14.8 Å². The molecule has 33 heavy (non-hydrogen) atoms. The second-order valence-electron chi connectivity index (χ2n) is 6.97. The van der Waals surface area contributed by atoms with Crippen LogP contribution in [-0.4, -0.2) is 45.1 Å². The van der Waals surface area contributed by atoms with Crippen molar-refractivity contribution in [2.24, 2.45) is 0 Å². The van der Waals surface area contributed by atoms with Gasteiger partial charge in [0.1, 0.15) is 5.75 Å². The van der Waals surface area contributed by atoms with Gasteiger partial charge in [-0.05, 0) is 49.2 Å². The Kier molecular flexibility index (Phi) is 7.34. The molecule has 2 N–H and O–H groups in total. The fourth-order valence-corrected chi connectivity index (χ4v) is 3.92. The second-order valence-corrected chi connectivity index (χ2v) is 8.65. The lowest BCUT2D eigenvalue weighted by molar-refractivity contribution is -0.118. The van der Waals surface area contributed by atoms with Crippen LogP contribution >= 0.6 is 0 Å². The third-order valence-electron chi connectivity index (χ3n) is 4.52. The van der Waals surface area contributed by atoms with E-state index < -0.39 is 10.0 Å². The molecule has 0 aliphatic rings. The third kappa shape index (κ3) is 6.10. The highest BCUT2D eigenvalue weighted by molar-refractivity contribution is 7.92. The van der Waals surface area contributed by atoms with Gasteiger partial charge in [0, 0.05) is 11.8 Å². The summed E-state index contributed by atoms with van der Waals surface area (Å²) in [5.74, 6) is 0.421. The summed E-state index contributed by atoms with van der Waals surface area (Å²) < 4.78 is 43.3. The maximum atomic E-state index is 12.7. The van der Waals surface area contributed by atoms with Crippen molar-refractivity contribution in [1.82, 2.24) is 9.97 Å². The lowest BCUT2D eigenvalue weighted by atomic mass is 10.1. The average molecular weight is 473 g/mol. The normalized spacial score (nSPS) is 10.9. The first kappa shape index (κ1) is 23.8. The SMILES string of the molecule is COc1cc(NS(=O)(=O)c2ccc(NC(=O)COc3c(C)cccc3C)cc2)nc(OC)n1. The molecule has 0 saturated carbocycles. The zero-order chi connectivity index (χ0) is 24.0. The molecule has 1 heterocycles. The molecule has 0 spiro atoms. The standard InChI is InChI=1S/C22H24N4O6S/c1-14-6-5-7-15(2)21(14)32-13-19(27)23-16-8-10-17(11-9-16)33(28,29)26-18-12-20(30-3)25-22(24-18)31-4/h5-12H,13H2,1-4H3,(H,23,27)(H,24,25,26). The molecule has 0 aliphatic carbocycles. The van der Waals surface area contributed by atoms with Crippen LogP contribution in [0.1, 0.15) is 11.1 Å². The van der Waals surface area contributed by atoms with E-state index in [1.165, 1.54) is 44.6 Å². The van der Waals surface area contributed by atoms with Crippen LogP contribution in [0.25, 0.3) is 0 Å². The summed E-state index contributed by atoms with van der Waals surface area (Å²) in [7, 11) is -1.21. The smallest absolute Gasteiger partial charge is 0.321 e. The molecule has 0 aliphatic heterocycles. The summed E-state index contributed by atoms with van der Waals surface area (Å²) >= 11 is 0. The van der Waals surface area contributed by atoms with Crippen LogP contribution in [0.15, 0.2) is 53.4 Å². The summed E-state index contributed by atoms with van der Waals surface area (Å²) in [5.41, 5.74) is 2.29. The molecule has 0 fully saturated rings. The van der Waals surface area contributed by atoms with Crippen LogP contribution in [0.4, 0.5) is 11.5 Å². The van der Waals surface area contributed by atoms with Gasteiger partial charge in [-0.25, -0.2) is 8.42 Å². The maximum Gasteiger partial charge on any atom is 0.321 e. The van der Waals surface area contributed by atoms with Crippen molar-refractivity contribution in [3.63, 3.8) is 0 Å². The minimum absolute atomic E-state index is 0.0141. The van der Waals surface area contributed by atoms with Crippen LogP contribution in [0, 0.1) is 13.8 Å². The number of hydrogen-bond acceptors (Lipinski definition) is 8. The maximum absolute atomic E-state index is 12.7. The van der Waals surface area contributed by atoms with Crippen molar-refractivity contribution in [2.75, 3.05) is 30.9 Å². The van der Waals surface area contributed by atoms with E-state index >= 15 is 0 Å². The number of ether oxygens (including phenoxy) is 3. The monoisotopic (exact) mass is 472 g/mol.